The lowest BCUT2D eigenvalue weighted by molar-refractivity contribution is 0.0695. The smallest absolute Gasteiger partial charge is 0.335 e. The summed E-state index contributed by atoms with van der Waals surface area (Å²) in [4.78, 5) is 20.4. The van der Waals surface area contributed by atoms with Crippen molar-refractivity contribution in [3.05, 3.63) is 47.3 Å². The first-order valence-corrected chi connectivity index (χ1v) is 11.3. The van der Waals surface area contributed by atoms with Crippen molar-refractivity contribution in [3.8, 4) is 11.4 Å². The molecule has 1 aromatic heterocycles. The Morgan fingerprint density at radius 1 is 1.03 bits per heavy atom. The van der Waals surface area contributed by atoms with Crippen LogP contribution in [0.1, 0.15) is 86.7 Å². The van der Waals surface area contributed by atoms with E-state index in [4.69, 9.17) is 11.6 Å². The van der Waals surface area contributed by atoms with Crippen LogP contribution in [0.2, 0.25) is 0 Å². The van der Waals surface area contributed by atoms with E-state index in [-0.39, 0.29) is 10.9 Å². The molecule has 1 heterocycles. The second-order valence-corrected chi connectivity index (χ2v) is 8.55. The van der Waals surface area contributed by atoms with Gasteiger partial charge in [-0.15, -0.1) is 11.6 Å². The zero-order chi connectivity index (χ0) is 21.1. The number of hydrogen-bond donors (Lipinski definition) is 1. The first kappa shape index (κ1) is 23.3. The van der Waals surface area contributed by atoms with Gasteiger partial charge in [-0.1, -0.05) is 57.9 Å². The minimum absolute atomic E-state index is 0.140. The number of hydrogen-bond acceptors (Lipinski definition) is 3. The largest absolute Gasteiger partial charge is 0.478 e. The van der Waals surface area contributed by atoms with Gasteiger partial charge >= 0.3 is 5.97 Å². The van der Waals surface area contributed by atoms with E-state index in [0.29, 0.717) is 17.8 Å². The number of benzene rings is 1. The molecule has 0 unspecified atom stereocenters. The van der Waals surface area contributed by atoms with Crippen molar-refractivity contribution in [2.24, 2.45) is 0 Å². The lowest BCUT2D eigenvalue weighted by Gasteiger charge is -2.10. The summed E-state index contributed by atoms with van der Waals surface area (Å²) in [6.45, 7) is 4.11. The van der Waals surface area contributed by atoms with Gasteiger partial charge in [0, 0.05) is 23.3 Å². The lowest BCUT2D eigenvalue weighted by atomic mass is 9.99. The van der Waals surface area contributed by atoms with Crippen LogP contribution in [-0.4, -0.2) is 26.4 Å². The van der Waals surface area contributed by atoms with Gasteiger partial charge in [-0.05, 0) is 49.4 Å². The van der Waals surface area contributed by atoms with Crippen LogP contribution in [0.25, 0.3) is 11.4 Å². The van der Waals surface area contributed by atoms with Crippen LogP contribution < -0.4 is 0 Å². The zero-order valence-corrected chi connectivity index (χ0v) is 18.4. The third kappa shape index (κ3) is 8.14. The molecule has 0 bridgehead atoms. The molecule has 0 aliphatic heterocycles. The number of rotatable bonds is 13. The summed E-state index contributed by atoms with van der Waals surface area (Å²) in [5.74, 6) is -0.324. The van der Waals surface area contributed by atoms with Crippen LogP contribution in [0, 0.1) is 0 Å². The Morgan fingerprint density at radius 2 is 1.66 bits per heavy atom. The fraction of sp³-hybridized carbons (Fsp3) is 0.542. The number of aromatic carboxylic acids is 1. The maximum atomic E-state index is 11.4. The Kier molecular flexibility index (Phi) is 10.1. The van der Waals surface area contributed by atoms with Gasteiger partial charge in [0.2, 0.25) is 0 Å². The van der Waals surface area contributed by atoms with Crippen LogP contribution in [0.4, 0.5) is 0 Å². The molecule has 2 aromatic rings. The van der Waals surface area contributed by atoms with Crippen molar-refractivity contribution >= 4 is 17.6 Å². The summed E-state index contributed by atoms with van der Waals surface area (Å²) in [6, 6.07) is 5.22. The summed E-state index contributed by atoms with van der Waals surface area (Å²) < 4.78 is 0. The SMILES string of the molecule is CCCCCCCCCCc1cnc(-c2ccc(C(=O)O)c(C[C@@H](C)Cl)c2)nc1. The molecule has 1 aromatic carbocycles. The zero-order valence-electron chi connectivity index (χ0n) is 17.7. The van der Waals surface area contributed by atoms with Crippen LogP contribution >= 0.6 is 11.6 Å². The third-order valence-corrected chi connectivity index (χ3v) is 5.27. The number of aromatic nitrogens is 2. The maximum absolute atomic E-state index is 11.4. The second-order valence-electron chi connectivity index (χ2n) is 7.80. The van der Waals surface area contributed by atoms with E-state index in [9.17, 15) is 9.90 Å². The van der Waals surface area contributed by atoms with Gasteiger partial charge < -0.3 is 5.11 Å². The highest BCUT2D eigenvalue weighted by Gasteiger charge is 2.14. The standard InChI is InChI=1S/C24H33ClN2O2/c1-3-4-5-6-7-8-9-10-11-19-16-26-23(27-17-19)20-12-13-22(24(28)29)21(15-20)14-18(2)25/h12-13,15-18H,3-11,14H2,1-2H3,(H,28,29)/t18-/m1/s1. The Balaban J connectivity index is 1.90. The van der Waals surface area contributed by atoms with E-state index in [0.717, 1.165) is 17.5 Å². The number of carboxylic acid groups (broad SMARTS) is 1. The van der Waals surface area contributed by atoms with Crippen molar-refractivity contribution in [2.45, 2.75) is 83.4 Å². The average molecular weight is 417 g/mol. The molecule has 0 aliphatic rings. The van der Waals surface area contributed by atoms with Gasteiger partial charge in [-0.3, -0.25) is 0 Å². The van der Waals surface area contributed by atoms with Crippen molar-refractivity contribution < 1.29 is 9.90 Å². The maximum Gasteiger partial charge on any atom is 0.335 e. The lowest BCUT2D eigenvalue weighted by Crippen LogP contribution is -2.07. The molecule has 0 amide bonds. The molecule has 0 saturated carbocycles. The summed E-state index contributed by atoms with van der Waals surface area (Å²) in [5, 5.41) is 9.24. The van der Waals surface area contributed by atoms with E-state index in [1.807, 2.05) is 25.4 Å². The molecule has 1 N–H and O–H groups in total. The molecular formula is C24H33ClN2O2. The minimum Gasteiger partial charge on any atom is -0.478 e. The molecule has 5 heteroatoms. The predicted octanol–water partition coefficient (Wildman–Crippen LogP) is 6.69. The summed E-state index contributed by atoms with van der Waals surface area (Å²) in [5.41, 5.74) is 2.97. The van der Waals surface area contributed by atoms with Gasteiger partial charge in [0.15, 0.2) is 5.82 Å². The molecule has 0 fully saturated rings. The minimum atomic E-state index is -0.939. The van der Waals surface area contributed by atoms with Gasteiger partial charge in [-0.25, -0.2) is 14.8 Å². The first-order chi connectivity index (χ1) is 14.0. The van der Waals surface area contributed by atoms with Crippen molar-refractivity contribution in [1.29, 1.82) is 0 Å². The highest BCUT2D eigenvalue weighted by Crippen LogP contribution is 2.22. The number of halogens is 1. The molecule has 2 rings (SSSR count). The Bertz CT molecular complexity index is 760. The third-order valence-electron chi connectivity index (χ3n) is 5.12. The quantitative estimate of drug-likeness (QED) is 0.291. The van der Waals surface area contributed by atoms with Crippen LogP contribution in [0.15, 0.2) is 30.6 Å². The molecule has 4 nitrogen and oxygen atoms in total. The van der Waals surface area contributed by atoms with Gasteiger partial charge in [0.05, 0.1) is 5.56 Å². The molecule has 158 valence electrons. The van der Waals surface area contributed by atoms with Crippen molar-refractivity contribution in [2.75, 3.05) is 0 Å². The van der Waals surface area contributed by atoms with Crippen molar-refractivity contribution in [3.63, 3.8) is 0 Å². The Hall–Kier alpha value is -1.94. The van der Waals surface area contributed by atoms with Crippen LogP contribution in [0.5, 0.6) is 0 Å². The molecule has 0 saturated heterocycles. The van der Waals surface area contributed by atoms with Gasteiger partial charge in [0.1, 0.15) is 0 Å². The molecule has 0 spiro atoms. The summed E-state index contributed by atoms with van der Waals surface area (Å²) in [6.07, 6.45) is 15.7. The summed E-state index contributed by atoms with van der Waals surface area (Å²) >= 11 is 6.09. The second kappa shape index (κ2) is 12.6. The molecule has 1 atom stereocenters. The highest BCUT2D eigenvalue weighted by atomic mass is 35.5. The van der Waals surface area contributed by atoms with E-state index in [2.05, 4.69) is 16.9 Å². The molecular weight excluding hydrogens is 384 g/mol. The first-order valence-electron chi connectivity index (χ1n) is 10.8. The predicted molar refractivity (Wildman–Crippen MR) is 120 cm³/mol. The Labute approximate surface area is 179 Å². The number of alkyl halides is 1. The topological polar surface area (TPSA) is 63.1 Å². The fourth-order valence-electron chi connectivity index (χ4n) is 3.51. The molecule has 0 radical (unpaired) electrons. The van der Waals surface area contributed by atoms with E-state index < -0.39 is 5.97 Å². The summed E-state index contributed by atoms with van der Waals surface area (Å²) in [7, 11) is 0. The Morgan fingerprint density at radius 3 is 2.24 bits per heavy atom. The highest BCUT2D eigenvalue weighted by molar-refractivity contribution is 6.20. The molecule has 29 heavy (non-hydrogen) atoms. The number of aryl methyl sites for hydroxylation is 1. The number of carbonyl (C=O) groups is 1. The fourth-order valence-corrected chi connectivity index (χ4v) is 3.68. The van der Waals surface area contributed by atoms with E-state index in [1.165, 1.54) is 51.4 Å². The number of unbranched alkanes of at least 4 members (excludes halogenated alkanes) is 7. The van der Waals surface area contributed by atoms with Crippen LogP contribution in [-0.2, 0) is 12.8 Å². The van der Waals surface area contributed by atoms with E-state index in [1.54, 1.807) is 12.1 Å². The van der Waals surface area contributed by atoms with Crippen molar-refractivity contribution in [1.82, 2.24) is 9.97 Å². The number of carboxylic acids is 1. The van der Waals surface area contributed by atoms with Gasteiger partial charge in [-0.2, -0.15) is 0 Å². The average Bonchev–Trinajstić information content (AvgIpc) is 2.70. The molecule has 0 aliphatic carbocycles. The number of nitrogens with zero attached hydrogens (tertiary/aromatic N) is 2. The van der Waals surface area contributed by atoms with E-state index >= 15 is 0 Å². The van der Waals surface area contributed by atoms with Crippen LogP contribution in [0.3, 0.4) is 0 Å². The normalized spacial score (nSPS) is 12.1. The monoisotopic (exact) mass is 416 g/mol. The van der Waals surface area contributed by atoms with Gasteiger partial charge in [0.25, 0.3) is 0 Å².